The highest BCUT2D eigenvalue weighted by Gasteiger charge is 2.12. The molecule has 1 amide bonds. The van der Waals surface area contributed by atoms with Crippen LogP contribution in [0.5, 0.6) is 5.75 Å². The Balaban J connectivity index is 2.25. The minimum absolute atomic E-state index is 0.107. The SMILES string of the molecule is CC(C)CCC(=O)NCCOc1ccc(C(C)(C)C)cc1. The zero-order valence-corrected chi connectivity index (χ0v) is 14.0. The summed E-state index contributed by atoms with van der Waals surface area (Å²) in [6.45, 7) is 11.9. The summed E-state index contributed by atoms with van der Waals surface area (Å²) in [7, 11) is 0. The van der Waals surface area contributed by atoms with Gasteiger partial charge in [-0.25, -0.2) is 0 Å². The van der Waals surface area contributed by atoms with E-state index in [1.807, 2.05) is 12.1 Å². The van der Waals surface area contributed by atoms with Gasteiger partial charge in [0.15, 0.2) is 0 Å². The van der Waals surface area contributed by atoms with Gasteiger partial charge in [-0.2, -0.15) is 0 Å². The molecule has 0 spiro atoms. The van der Waals surface area contributed by atoms with Crippen LogP contribution in [-0.4, -0.2) is 19.1 Å². The van der Waals surface area contributed by atoms with Gasteiger partial charge in [0, 0.05) is 6.42 Å². The first-order valence-corrected chi connectivity index (χ1v) is 7.79. The first-order chi connectivity index (χ1) is 9.79. The number of carbonyl (C=O) groups excluding carboxylic acids is 1. The monoisotopic (exact) mass is 291 g/mol. The van der Waals surface area contributed by atoms with Crippen LogP contribution in [0.2, 0.25) is 0 Å². The molecular weight excluding hydrogens is 262 g/mol. The van der Waals surface area contributed by atoms with E-state index in [1.165, 1.54) is 5.56 Å². The van der Waals surface area contributed by atoms with Crippen molar-refractivity contribution in [3.05, 3.63) is 29.8 Å². The van der Waals surface area contributed by atoms with E-state index in [0.717, 1.165) is 12.2 Å². The molecule has 0 aromatic heterocycles. The molecule has 0 bridgehead atoms. The van der Waals surface area contributed by atoms with Gasteiger partial charge in [-0.15, -0.1) is 0 Å². The Morgan fingerprint density at radius 1 is 1.19 bits per heavy atom. The molecule has 1 aromatic carbocycles. The molecule has 0 fully saturated rings. The first-order valence-electron chi connectivity index (χ1n) is 7.79. The fourth-order valence-corrected chi connectivity index (χ4v) is 1.92. The van der Waals surface area contributed by atoms with Crippen molar-refractivity contribution in [2.24, 2.45) is 5.92 Å². The minimum atomic E-state index is 0.107. The van der Waals surface area contributed by atoms with E-state index in [9.17, 15) is 4.79 Å². The maximum absolute atomic E-state index is 11.5. The summed E-state index contributed by atoms with van der Waals surface area (Å²) in [6.07, 6.45) is 1.53. The Kier molecular flexibility index (Phi) is 6.73. The van der Waals surface area contributed by atoms with Crippen LogP contribution in [0.1, 0.15) is 53.0 Å². The van der Waals surface area contributed by atoms with Gasteiger partial charge in [-0.05, 0) is 35.4 Å². The van der Waals surface area contributed by atoms with Crippen molar-refractivity contribution in [1.82, 2.24) is 5.32 Å². The van der Waals surface area contributed by atoms with Crippen molar-refractivity contribution >= 4 is 5.91 Å². The number of ether oxygens (including phenoxy) is 1. The summed E-state index contributed by atoms with van der Waals surface area (Å²) < 4.78 is 5.63. The minimum Gasteiger partial charge on any atom is -0.492 e. The molecule has 0 saturated carbocycles. The third-order valence-corrected chi connectivity index (χ3v) is 3.36. The lowest BCUT2D eigenvalue weighted by molar-refractivity contribution is -0.121. The maximum atomic E-state index is 11.5. The molecule has 0 aliphatic rings. The average Bonchev–Trinajstić information content (AvgIpc) is 2.41. The molecule has 0 heterocycles. The summed E-state index contributed by atoms with van der Waals surface area (Å²) >= 11 is 0. The number of hydrogen-bond donors (Lipinski definition) is 1. The topological polar surface area (TPSA) is 38.3 Å². The van der Waals surface area contributed by atoms with Gasteiger partial charge in [0.1, 0.15) is 12.4 Å². The molecule has 0 radical (unpaired) electrons. The number of amides is 1. The third kappa shape index (κ3) is 7.16. The zero-order valence-electron chi connectivity index (χ0n) is 14.0. The molecule has 21 heavy (non-hydrogen) atoms. The quantitative estimate of drug-likeness (QED) is 0.773. The molecule has 0 aliphatic carbocycles. The molecule has 0 atom stereocenters. The zero-order chi connectivity index (χ0) is 15.9. The Labute approximate surface area is 129 Å². The summed E-state index contributed by atoms with van der Waals surface area (Å²) in [5.41, 5.74) is 1.44. The van der Waals surface area contributed by atoms with Gasteiger partial charge >= 0.3 is 0 Å². The van der Waals surface area contributed by atoms with E-state index < -0.39 is 0 Å². The van der Waals surface area contributed by atoms with Crippen molar-refractivity contribution in [2.45, 2.75) is 52.9 Å². The normalized spacial score (nSPS) is 11.5. The van der Waals surface area contributed by atoms with Gasteiger partial charge in [-0.1, -0.05) is 46.8 Å². The van der Waals surface area contributed by atoms with E-state index in [0.29, 0.717) is 25.5 Å². The second-order valence-corrected chi connectivity index (χ2v) is 6.91. The summed E-state index contributed by atoms with van der Waals surface area (Å²) in [6, 6.07) is 8.16. The Morgan fingerprint density at radius 3 is 2.33 bits per heavy atom. The fraction of sp³-hybridized carbons (Fsp3) is 0.611. The molecule has 1 rings (SSSR count). The molecule has 1 N–H and O–H groups in total. The fourth-order valence-electron chi connectivity index (χ4n) is 1.92. The molecular formula is C18H29NO2. The Bertz CT molecular complexity index is 430. The van der Waals surface area contributed by atoms with Crippen LogP contribution >= 0.6 is 0 Å². The van der Waals surface area contributed by atoms with Crippen LogP contribution in [0.25, 0.3) is 0 Å². The molecule has 0 aliphatic heterocycles. The van der Waals surface area contributed by atoms with Crippen molar-refractivity contribution in [2.75, 3.05) is 13.2 Å². The number of benzene rings is 1. The summed E-state index contributed by atoms with van der Waals surface area (Å²) in [4.78, 5) is 11.5. The highest BCUT2D eigenvalue weighted by atomic mass is 16.5. The Hall–Kier alpha value is -1.51. The molecule has 0 saturated heterocycles. The van der Waals surface area contributed by atoms with Crippen LogP contribution < -0.4 is 10.1 Å². The van der Waals surface area contributed by atoms with E-state index >= 15 is 0 Å². The first kappa shape index (κ1) is 17.5. The van der Waals surface area contributed by atoms with E-state index in [-0.39, 0.29) is 11.3 Å². The highest BCUT2D eigenvalue weighted by molar-refractivity contribution is 5.75. The van der Waals surface area contributed by atoms with Gasteiger partial charge < -0.3 is 10.1 Å². The second kappa shape index (κ2) is 8.06. The van der Waals surface area contributed by atoms with Crippen molar-refractivity contribution in [3.8, 4) is 5.75 Å². The molecule has 3 heteroatoms. The van der Waals surface area contributed by atoms with Crippen molar-refractivity contribution in [3.63, 3.8) is 0 Å². The lowest BCUT2D eigenvalue weighted by Crippen LogP contribution is -2.28. The maximum Gasteiger partial charge on any atom is 0.220 e. The number of rotatable bonds is 7. The molecule has 0 unspecified atom stereocenters. The van der Waals surface area contributed by atoms with Gasteiger partial charge in [-0.3, -0.25) is 4.79 Å². The predicted octanol–water partition coefficient (Wildman–Crippen LogP) is 3.92. The summed E-state index contributed by atoms with van der Waals surface area (Å²) in [5, 5.41) is 2.88. The Morgan fingerprint density at radius 2 is 1.81 bits per heavy atom. The van der Waals surface area contributed by atoms with Crippen LogP contribution in [-0.2, 0) is 10.2 Å². The predicted molar refractivity (Wildman–Crippen MR) is 87.7 cm³/mol. The standard InChI is InChI=1S/C18H29NO2/c1-14(2)6-11-17(20)19-12-13-21-16-9-7-15(8-10-16)18(3,4)5/h7-10,14H,6,11-13H2,1-5H3,(H,19,20). The smallest absolute Gasteiger partial charge is 0.220 e. The number of nitrogens with one attached hydrogen (secondary N) is 1. The van der Waals surface area contributed by atoms with Gasteiger partial charge in [0.2, 0.25) is 5.91 Å². The van der Waals surface area contributed by atoms with Gasteiger partial charge in [0.25, 0.3) is 0 Å². The third-order valence-electron chi connectivity index (χ3n) is 3.36. The van der Waals surface area contributed by atoms with E-state index in [1.54, 1.807) is 0 Å². The molecule has 3 nitrogen and oxygen atoms in total. The van der Waals surface area contributed by atoms with Crippen LogP contribution in [0.4, 0.5) is 0 Å². The lowest BCUT2D eigenvalue weighted by Gasteiger charge is -2.19. The van der Waals surface area contributed by atoms with Crippen LogP contribution in [0, 0.1) is 5.92 Å². The second-order valence-electron chi connectivity index (χ2n) is 6.91. The highest BCUT2D eigenvalue weighted by Crippen LogP contribution is 2.24. The van der Waals surface area contributed by atoms with E-state index in [4.69, 9.17) is 4.74 Å². The largest absolute Gasteiger partial charge is 0.492 e. The lowest BCUT2D eigenvalue weighted by atomic mass is 9.87. The van der Waals surface area contributed by atoms with Crippen LogP contribution in [0.3, 0.4) is 0 Å². The summed E-state index contributed by atoms with van der Waals surface area (Å²) in [5.74, 6) is 1.52. The molecule has 118 valence electrons. The van der Waals surface area contributed by atoms with Gasteiger partial charge in [0.05, 0.1) is 6.54 Å². The average molecular weight is 291 g/mol. The van der Waals surface area contributed by atoms with Crippen LogP contribution in [0.15, 0.2) is 24.3 Å². The number of carbonyl (C=O) groups is 1. The number of hydrogen-bond acceptors (Lipinski definition) is 2. The van der Waals surface area contributed by atoms with E-state index in [2.05, 4.69) is 52.1 Å². The van der Waals surface area contributed by atoms with Crippen molar-refractivity contribution in [1.29, 1.82) is 0 Å². The van der Waals surface area contributed by atoms with Crippen molar-refractivity contribution < 1.29 is 9.53 Å². The molecule has 1 aromatic rings.